The van der Waals surface area contributed by atoms with E-state index in [4.69, 9.17) is 23.2 Å². The number of allylic oxidation sites excluding steroid dienone is 1. The van der Waals surface area contributed by atoms with Gasteiger partial charge in [-0.05, 0) is 36.8 Å². The van der Waals surface area contributed by atoms with Gasteiger partial charge in [0.1, 0.15) is 0 Å². The van der Waals surface area contributed by atoms with Gasteiger partial charge < -0.3 is 16.0 Å². The Balaban J connectivity index is 1.96. The van der Waals surface area contributed by atoms with E-state index in [1.165, 1.54) is 0 Å². The number of para-hydroxylation sites is 1. The zero-order valence-electron chi connectivity index (χ0n) is 13.3. The highest BCUT2D eigenvalue weighted by Crippen LogP contribution is 2.29. The summed E-state index contributed by atoms with van der Waals surface area (Å²) in [5.41, 5.74) is 2.14. The van der Waals surface area contributed by atoms with Crippen molar-refractivity contribution in [2.75, 3.05) is 5.32 Å². The Labute approximate surface area is 155 Å². The topological polar surface area (TPSA) is 70.2 Å². The normalized spacial score (nSPS) is 16.9. The molecule has 1 heterocycles. The smallest absolute Gasteiger partial charge is 0.319 e. The van der Waals surface area contributed by atoms with Gasteiger partial charge in [-0.3, -0.25) is 4.79 Å². The van der Waals surface area contributed by atoms with Gasteiger partial charge in [0.15, 0.2) is 0 Å². The second kappa shape index (κ2) is 7.17. The minimum Gasteiger partial charge on any atom is -0.327 e. The standard InChI is InChI=1S/C18H15Cl2N3O2/c1-10-15(17(24)22-14-5-3-2-4-13(14)20)16(23-18(25)21-10)11-6-8-12(19)9-7-11/h2-9,16H,1H3,(H,22,24)(H2,21,23,25)/t16-/m0/s1. The minimum absolute atomic E-state index is 0.349. The van der Waals surface area contributed by atoms with Gasteiger partial charge in [-0.2, -0.15) is 0 Å². The molecule has 0 unspecified atom stereocenters. The number of halogens is 2. The van der Waals surface area contributed by atoms with Crippen molar-refractivity contribution in [1.29, 1.82) is 0 Å². The third-order valence-corrected chi connectivity index (χ3v) is 4.42. The summed E-state index contributed by atoms with van der Waals surface area (Å²) in [5, 5.41) is 9.20. The predicted octanol–water partition coefficient (Wildman–Crippen LogP) is 4.26. The molecule has 1 atom stereocenters. The lowest BCUT2D eigenvalue weighted by Crippen LogP contribution is -2.45. The lowest BCUT2D eigenvalue weighted by Gasteiger charge is -2.28. The van der Waals surface area contributed by atoms with Crippen molar-refractivity contribution in [3.63, 3.8) is 0 Å². The highest BCUT2D eigenvalue weighted by molar-refractivity contribution is 6.34. The van der Waals surface area contributed by atoms with Crippen LogP contribution in [0, 0.1) is 0 Å². The van der Waals surface area contributed by atoms with E-state index >= 15 is 0 Å². The van der Waals surface area contributed by atoms with Gasteiger partial charge in [-0.15, -0.1) is 0 Å². The number of carbonyl (C=O) groups excluding carboxylic acids is 2. The van der Waals surface area contributed by atoms with Crippen LogP contribution in [0.5, 0.6) is 0 Å². The van der Waals surface area contributed by atoms with Gasteiger partial charge in [0, 0.05) is 10.7 Å². The Morgan fingerprint density at radius 1 is 1.08 bits per heavy atom. The third kappa shape index (κ3) is 3.78. The van der Waals surface area contributed by atoms with Crippen LogP contribution in [0.25, 0.3) is 0 Å². The first kappa shape index (κ1) is 17.3. The summed E-state index contributed by atoms with van der Waals surface area (Å²) in [6.45, 7) is 1.68. The molecule has 3 amide bonds. The van der Waals surface area contributed by atoms with Crippen LogP contribution in [0.1, 0.15) is 18.5 Å². The molecule has 0 aromatic heterocycles. The van der Waals surface area contributed by atoms with Crippen molar-refractivity contribution in [3.8, 4) is 0 Å². The fourth-order valence-corrected chi connectivity index (χ4v) is 2.96. The predicted molar refractivity (Wildman–Crippen MR) is 98.6 cm³/mol. The number of hydrogen-bond acceptors (Lipinski definition) is 2. The third-order valence-electron chi connectivity index (χ3n) is 3.84. The van der Waals surface area contributed by atoms with E-state index in [0.717, 1.165) is 5.56 Å². The average molecular weight is 376 g/mol. The molecule has 3 rings (SSSR count). The summed E-state index contributed by atoms with van der Waals surface area (Å²) in [5.74, 6) is -0.349. The number of carbonyl (C=O) groups is 2. The fraction of sp³-hybridized carbons (Fsp3) is 0.111. The second-order valence-corrected chi connectivity index (χ2v) is 6.40. The van der Waals surface area contributed by atoms with Crippen LogP contribution >= 0.6 is 23.2 Å². The number of amides is 3. The largest absolute Gasteiger partial charge is 0.327 e. The van der Waals surface area contributed by atoms with Crippen LogP contribution in [0.2, 0.25) is 10.0 Å². The summed E-state index contributed by atoms with van der Waals surface area (Å²) in [7, 11) is 0. The molecule has 128 valence electrons. The number of urea groups is 1. The molecule has 2 aromatic rings. The molecule has 0 fully saturated rings. The molecular formula is C18H15Cl2N3O2. The zero-order chi connectivity index (χ0) is 18.0. The van der Waals surface area contributed by atoms with Crippen molar-refractivity contribution in [3.05, 3.63) is 75.4 Å². The highest BCUT2D eigenvalue weighted by atomic mass is 35.5. The monoisotopic (exact) mass is 375 g/mol. The zero-order valence-corrected chi connectivity index (χ0v) is 14.8. The Morgan fingerprint density at radius 2 is 1.76 bits per heavy atom. The molecule has 0 aliphatic carbocycles. The van der Waals surface area contributed by atoms with E-state index in [1.807, 2.05) is 0 Å². The SMILES string of the molecule is CC1=C(C(=O)Nc2ccccc2Cl)[C@H](c2ccc(Cl)cc2)NC(=O)N1. The quantitative estimate of drug-likeness (QED) is 0.749. The van der Waals surface area contributed by atoms with Gasteiger partial charge in [-0.1, -0.05) is 47.5 Å². The summed E-state index contributed by atoms with van der Waals surface area (Å²) >= 11 is 12.0. The Hall–Kier alpha value is -2.50. The molecule has 5 nitrogen and oxygen atoms in total. The number of rotatable bonds is 3. The van der Waals surface area contributed by atoms with E-state index in [1.54, 1.807) is 55.5 Å². The fourth-order valence-electron chi connectivity index (χ4n) is 2.65. The lowest BCUT2D eigenvalue weighted by molar-refractivity contribution is -0.113. The number of nitrogens with one attached hydrogen (secondary N) is 3. The maximum absolute atomic E-state index is 12.8. The van der Waals surface area contributed by atoms with Crippen LogP contribution in [0.4, 0.5) is 10.5 Å². The van der Waals surface area contributed by atoms with E-state index in [-0.39, 0.29) is 11.9 Å². The molecular weight excluding hydrogens is 361 g/mol. The van der Waals surface area contributed by atoms with E-state index in [9.17, 15) is 9.59 Å². The number of benzene rings is 2. The van der Waals surface area contributed by atoms with Crippen LogP contribution in [-0.2, 0) is 4.79 Å². The van der Waals surface area contributed by atoms with Crippen molar-refractivity contribution < 1.29 is 9.59 Å². The molecule has 0 spiro atoms. The highest BCUT2D eigenvalue weighted by Gasteiger charge is 2.31. The van der Waals surface area contributed by atoms with Crippen LogP contribution < -0.4 is 16.0 Å². The van der Waals surface area contributed by atoms with Crippen molar-refractivity contribution in [2.24, 2.45) is 0 Å². The molecule has 1 aliphatic heterocycles. The first-order valence-corrected chi connectivity index (χ1v) is 8.31. The van der Waals surface area contributed by atoms with E-state index in [2.05, 4.69) is 16.0 Å². The first-order chi connectivity index (χ1) is 12.0. The molecule has 0 radical (unpaired) electrons. The number of hydrogen-bond donors (Lipinski definition) is 3. The Bertz CT molecular complexity index is 863. The minimum atomic E-state index is -0.589. The maximum Gasteiger partial charge on any atom is 0.319 e. The molecule has 0 saturated carbocycles. The van der Waals surface area contributed by atoms with E-state index < -0.39 is 6.04 Å². The second-order valence-electron chi connectivity index (χ2n) is 5.56. The Kier molecular flexibility index (Phi) is 4.97. The molecule has 0 bridgehead atoms. The van der Waals surface area contributed by atoms with Crippen LogP contribution in [0.15, 0.2) is 59.8 Å². The van der Waals surface area contributed by atoms with Crippen molar-refractivity contribution in [1.82, 2.24) is 10.6 Å². The molecule has 1 aliphatic rings. The molecule has 0 saturated heterocycles. The van der Waals surface area contributed by atoms with Gasteiger partial charge in [-0.25, -0.2) is 4.79 Å². The molecule has 25 heavy (non-hydrogen) atoms. The van der Waals surface area contributed by atoms with Gasteiger partial charge in [0.2, 0.25) is 0 Å². The summed E-state index contributed by atoms with van der Waals surface area (Å²) in [4.78, 5) is 24.7. The number of anilines is 1. The van der Waals surface area contributed by atoms with E-state index in [0.29, 0.717) is 27.0 Å². The first-order valence-electron chi connectivity index (χ1n) is 7.55. The molecule has 7 heteroatoms. The van der Waals surface area contributed by atoms with Gasteiger partial charge in [0.25, 0.3) is 5.91 Å². The van der Waals surface area contributed by atoms with Crippen LogP contribution in [0.3, 0.4) is 0 Å². The summed E-state index contributed by atoms with van der Waals surface area (Å²) in [6, 6.07) is 13.0. The van der Waals surface area contributed by atoms with Gasteiger partial charge in [0.05, 0.1) is 22.3 Å². The average Bonchev–Trinajstić information content (AvgIpc) is 2.57. The van der Waals surface area contributed by atoms with Gasteiger partial charge >= 0.3 is 6.03 Å². The lowest BCUT2D eigenvalue weighted by atomic mass is 9.95. The summed E-state index contributed by atoms with van der Waals surface area (Å²) in [6.07, 6.45) is 0. The Morgan fingerprint density at radius 3 is 2.44 bits per heavy atom. The maximum atomic E-state index is 12.8. The van der Waals surface area contributed by atoms with Crippen molar-refractivity contribution in [2.45, 2.75) is 13.0 Å². The molecule has 3 N–H and O–H groups in total. The van der Waals surface area contributed by atoms with Crippen molar-refractivity contribution >= 4 is 40.8 Å². The molecule has 2 aromatic carbocycles. The summed E-state index contributed by atoms with van der Waals surface area (Å²) < 4.78 is 0. The van der Waals surface area contributed by atoms with Crippen LogP contribution in [-0.4, -0.2) is 11.9 Å².